The monoisotopic (exact) mass is 391 g/mol. The van der Waals surface area contributed by atoms with E-state index in [-0.39, 0.29) is 12.5 Å². The van der Waals surface area contributed by atoms with Gasteiger partial charge in [0, 0.05) is 6.42 Å². The van der Waals surface area contributed by atoms with Crippen molar-refractivity contribution < 1.29 is 19.1 Å². The first-order valence-corrected chi connectivity index (χ1v) is 9.32. The molecule has 0 spiro atoms. The van der Waals surface area contributed by atoms with Crippen molar-refractivity contribution in [2.45, 2.75) is 18.9 Å². The number of rotatable bonds is 6. The van der Waals surface area contributed by atoms with Gasteiger partial charge in [0.2, 0.25) is 11.8 Å². The molecule has 1 fully saturated rings. The maximum Gasteiger partial charge on any atom is 0.252 e. The third-order valence-corrected chi connectivity index (χ3v) is 5.14. The molecular weight excluding hydrogens is 370 g/mol. The lowest BCUT2D eigenvalue weighted by atomic mass is 9.80. The number of nitrogens with one attached hydrogen (secondary N) is 1. The highest BCUT2D eigenvalue weighted by atomic mass is 16.5. The molecule has 148 valence electrons. The van der Waals surface area contributed by atoms with E-state index in [4.69, 9.17) is 15.2 Å². The molecule has 0 radical (unpaired) electrons. The number of primary amides is 1. The van der Waals surface area contributed by atoms with Gasteiger partial charge < -0.3 is 20.5 Å². The lowest BCUT2D eigenvalue weighted by molar-refractivity contribution is -0.122. The Morgan fingerprint density at radius 1 is 1.31 bits per heavy atom. The van der Waals surface area contributed by atoms with Crippen molar-refractivity contribution in [1.82, 2.24) is 0 Å². The van der Waals surface area contributed by atoms with E-state index in [1.807, 2.05) is 18.2 Å². The predicted molar refractivity (Wildman–Crippen MR) is 109 cm³/mol. The first-order valence-electron chi connectivity index (χ1n) is 9.32. The number of fused-ring (bicyclic) bond motifs is 2. The Balaban J connectivity index is 1.61. The van der Waals surface area contributed by atoms with Gasteiger partial charge in [-0.05, 0) is 30.7 Å². The summed E-state index contributed by atoms with van der Waals surface area (Å²) in [4.78, 5) is 29.3. The van der Waals surface area contributed by atoms with Crippen LogP contribution >= 0.6 is 0 Å². The molecule has 2 atom stereocenters. The molecule has 0 bridgehead atoms. The number of para-hydroxylation sites is 3. The topological polar surface area (TPSA) is 103 Å². The molecular formula is C22H21N3O4. The maximum absolute atomic E-state index is 13.1. The number of allylic oxidation sites excluding steroid dienone is 1. The van der Waals surface area contributed by atoms with Gasteiger partial charge >= 0.3 is 0 Å². The summed E-state index contributed by atoms with van der Waals surface area (Å²) in [5, 5.41) is 2.95. The predicted octanol–water partition coefficient (Wildman–Crippen LogP) is 3.20. The van der Waals surface area contributed by atoms with E-state index in [1.54, 1.807) is 36.4 Å². The maximum atomic E-state index is 13.1. The van der Waals surface area contributed by atoms with Crippen LogP contribution in [0.5, 0.6) is 5.75 Å². The van der Waals surface area contributed by atoms with Gasteiger partial charge in [0.25, 0.3) is 5.91 Å². The lowest BCUT2D eigenvalue weighted by Gasteiger charge is -2.22. The average molecular weight is 391 g/mol. The molecule has 4 rings (SSSR count). The van der Waals surface area contributed by atoms with Crippen LogP contribution in [-0.4, -0.2) is 30.4 Å². The van der Waals surface area contributed by atoms with Gasteiger partial charge in [-0.1, -0.05) is 30.3 Å². The fourth-order valence-electron chi connectivity index (χ4n) is 3.72. The van der Waals surface area contributed by atoms with Crippen molar-refractivity contribution in [1.29, 1.82) is 0 Å². The highest BCUT2D eigenvalue weighted by Gasteiger charge is 2.53. The third-order valence-electron chi connectivity index (χ3n) is 5.14. The van der Waals surface area contributed by atoms with Crippen LogP contribution < -0.4 is 15.8 Å². The van der Waals surface area contributed by atoms with Gasteiger partial charge in [-0.15, -0.1) is 6.58 Å². The molecule has 1 saturated heterocycles. The Bertz CT molecular complexity index is 1020. The minimum absolute atomic E-state index is 0.150. The van der Waals surface area contributed by atoms with E-state index in [2.05, 4.69) is 16.9 Å². The van der Waals surface area contributed by atoms with Crippen LogP contribution in [0.3, 0.4) is 0 Å². The molecule has 2 aliphatic heterocycles. The summed E-state index contributed by atoms with van der Waals surface area (Å²) < 4.78 is 11.9. The Morgan fingerprint density at radius 2 is 2.07 bits per heavy atom. The van der Waals surface area contributed by atoms with Crippen molar-refractivity contribution in [2.24, 2.45) is 16.1 Å². The van der Waals surface area contributed by atoms with Gasteiger partial charge in [-0.25, -0.2) is 4.99 Å². The van der Waals surface area contributed by atoms with Crippen LogP contribution in [-0.2, 0) is 9.53 Å². The summed E-state index contributed by atoms with van der Waals surface area (Å²) in [6, 6.07) is 14.1. The summed E-state index contributed by atoms with van der Waals surface area (Å²) in [6.45, 7) is 3.95. The zero-order valence-corrected chi connectivity index (χ0v) is 15.8. The number of nitrogens with two attached hydrogens (primary N) is 1. The van der Waals surface area contributed by atoms with Crippen molar-refractivity contribution >= 4 is 29.1 Å². The first-order chi connectivity index (χ1) is 14.0. The number of carbonyl (C=O) groups excluding carboxylic acids is 2. The van der Waals surface area contributed by atoms with Crippen LogP contribution in [0, 0.1) is 5.41 Å². The van der Waals surface area contributed by atoms with Crippen LogP contribution in [0.15, 0.2) is 66.2 Å². The Kier molecular flexibility index (Phi) is 4.80. The van der Waals surface area contributed by atoms with E-state index < -0.39 is 17.4 Å². The summed E-state index contributed by atoms with van der Waals surface area (Å²) in [5.41, 5.74) is 6.04. The Hall–Kier alpha value is -3.61. The van der Waals surface area contributed by atoms with E-state index in [9.17, 15) is 9.59 Å². The van der Waals surface area contributed by atoms with Crippen LogP contribution in [0.1, 0.15) is 23.2 Å². The fraction of sp³-hybridized carbons (Fsp3) is 0.227. The van der Waals surface area contributed by atoms with E-state index >= 15 is 0 Å². The number of ether oxygens (including phenoxy) is 2. The molecule has 2 aromatic rings. The number of benzene rings is 2. The SMILES string of the molecule is C=CC[C@@]12C[C@H](COc3ccccc3C(N)=O)OC1=Nc1ccccc1NC2=O. The molecule has 2 heterocycles. The summed E-state index contributed by atoms with van der Waals surface area (Å²) in [5.74, 6) is -0.00967. The second-order valence-electron chi connectivity index (χ2n) is 7.08. The minimum Gasteiger partial charge on any atom is -0.489 e. The normalized spacial score (nSPS) is 22.3. The molecule has 0 aromatic heterocycles. The quantitative estimate of drug-likeness (QED) is 0.738. The highest BCUT2D eigenvalue weighted by molar-refractivity contribution is 6.15. The zero-order valence-electron chi connectivity index (χ0n) is 15.8. The molecule has 29 heavy (non-hydrogen) atoms. The molecule has 3 N–H and O–H groups in total. The largest absolute Gasteiger partial charge is 0.489 e. The number of amides is 2. The van der Waals surface area contributed by atoms with Gasteiger partial charge in [0.15, 0.2) is 0 Å². The van der Waals surface area contributed by atoms with Crippen molar-refractivity contribution in [3.8, 4) is 5.75 Å². The van der Waals surface area contributed by atoms with Crippen molar-refractivity contribution in [3.05, 3.63) is 66.7 Å². The first kappa shape index (κ1) is 18.7. The molecule has 0 saturated carbocycles. The third kappa shape index (κ3) is 3.35. The van der Waals surface area contributed by atoms with Crippen molar-refractivity contribution in [2.75, 3.05) is 11.9 Å². The van der Waals surface area contributed by atoms with Crippen LogP contribution in [0.2, 0.25) is 0 Å². The van der Waals surface area contributed by atoms with E-state index in [0.717, 1.165) is 0 Å². The number of hydrogen-bond donors (Lipinski definition) is 2. The average Bonchev–Trinajstić information content (AvgIpc) is 3.01. The smallest absolute Gasteiger partial charge is 0.252 e. The van der Waals surface area contributed by atoms with Crippen LogP contribution in [0.25, 0.3) is 0 Å². The highest BCUT2D eigenvalue weighted by Crippen LogP contribution is 2.44. The number of anilines is 1. The summed E-state index contributed by atoms with van der Waals surface area (Å²) >= 11 is 0. The second-order valence-corrected chi connectivity index (χ2v) is 7.08. The Morgan fingerprint density at radius 3 is 2.86 bits per heavy atom. The lowest BCUT2D eigenvalue weighted by Crippen LogP contribution is -2.39. The molecule has 7 nitrogen and oxygen atoms in total. The number of hydrogen-bond acceptors (Lipinski definition) is 5. The Labute approximate surface area is 168 Å². The summed E-state index contributed by atoms with van der Waals surface area (Å²) in [6.07, 6.45) is 2.06. The molecule has 0 aliphatic carbocycles. The fourth-order valence-corrected chi connectivity index (χ4v) is 3.72. The molecule has 0 unspecified atom stereocenters. The molecule has 2 amide bonds. The van der Waals surface area contributed by atoms with Gasteiger partial charge in [-0.3, -0.25) is 9.59 Å². The number of nitrogens with zero attached hydrogens (tertiary/aromatic N) is 1. The standard InChI is InChI=1S/C22H21N3O4/c1-2-11-22-12-14(13-28-18-10-6-3-7-15(18)19(23)26)29-21(22)25-17-9-5-4-8-16(17)24-20(22)27/h2-10,14H,1,11-13H2,(H2,23,26)(H,24,27)/t14-,22+/m1/s1. The van der Waals surface area contributed by atoms with E-state index in [0.29, 0.717) is 41.4 Å². The summed E-state index contributed by atoms with van der Waals surface area (Å²) in [7, 11) is 0. The van der Waals surface area contributed by atoms with Gasteiger partial charge in [0.1, 0.15) is 23.9 Å². The van der Waals surface area contributed by atoms with Crippen LogP contribution in [0.4, 0.5) is 11.4 Å². The van der Waals surface area contributed by atoms with Gasteiger partial charge in [0.05, 0.1) is 16.9 Å². The second kappa shape index (κ2) is 7.43. The van der Waals surface area contributed by atoms with Crippen molar-refractivity contribution in [3.63, 3.8) is 0 Å². The van der Waals surface area contributed by atoms with E-state index in [1.165, 1.54) is 0 Å². The zero-order chi connectivity index (χ0) is 20.4. The molecule has 7 heteroatoms. The minimum atomic E-state index is -0.946. The number of carbonyl (C=O) groups is 2. The molecule has 2 aliphatic rings. The van der Waals surface area contributed by atoms with Gasteiger partial charge in [-0.2, -0.15) is 0 Å². The molecule has 2 aromatic carbocycles. The number of aliphatic imine (C=N–C) groups is 1.